The van der Waals surface area contributed by atoms with E-state index in [9.17, 15) is 18.0 Å². The topological polar surface area (TPSA) is 66.9 Å². The fraction of sp³-hybridized carbons (Fsp3) is 0.200. The van der Waals surface area contributed by atoms with E-state index >= 15 is 0 Å². The lowest BCUT2D eigenvalue weighted by Crippen LogP contribution is -2.21. The van der Waals surface area contributed by atoms with Crippen LogP contribution in [0.5, 0.6) is 0 Å². The number of alkyl halides is 3. The largest absolute Gasteiger partial charge is 0.413 e. The zero-order chi connectivity index (χ0) is 16.5. The molecule has 1 aromatic rings. The van der Waals surface area contributed by atoms with Gasteiger partial charge in [-0.25, -0.2) is 0 Å². The lowest BCUT2D eigenvalue weighted by molar-refractivity contribution is -0.0949. The van der Waals surface area contributed by atoms with E-state index in [1.54, 1.807) is 18.2 Å². The minimum atomic E-state index is -4.59. The quantitative estimate of drug-likeness (QED) is 0.855. The first-order chi connectivity index (χ1) is 10.2. The Morgan fingerprint density at radius 2 is 2.09 bits per heavy atom. The van der Waals surface area contributed by atoms with Gasteiger partial charge in [-0.3, -0.25) is 4.79 Å². The lowest BCUT2D eigenvalue weighted by Gasteiger charge is -2.23. The Labute approximate surface area is 133 Å². The molecular weight excluding hydrogens is 361 g/mol. The summed E-state index contributed by atoms with van der Waals surface area (Å²) in [6, 6.07) is 6.22. The Bertz CT molecular complexity index is 729. The number of primary amides is 1. The molecule has 1 aromatic carbocycles. The molecule has 0 bridgehead atoms. The molecule has 2 rings (SSSR count). The van der Waals surface area contributed by atoms with Crippen LogP contribution in [0.15, 0.2) is 46.0 Å². The van der Waals surface area contributed by atoms with Gasteiger partial charge in [-0.1, -0.05) is 28.1 Å². The van der Waals surface area contributed by atoms with E-state index < -0.39 is 35.6 Å². The molecule has 3 nitrogen and oxygen atoms in total. The van der Waals surface area contributed by atoms with E-state index in [-0.39, 0.29) is 5.56 Å². The summed E-state index contributed by atoms with van der Waals surface area (Å²) in [7, 11) is 0. The molecule has 7 heteroatoms. The summed E-state index contributed by atoms with van der Waals surface area (Å²) in [6.45, 7) is 0. The Kier molecular flexibility index (Phi) is 4.42. The summed E-state index contributed by atoms with van der Waals surface area (Å²) in [4.78, 5) is 11.5. The van der Waals surface area contributed by atoms with E-state index in [0.29, 0.717) is 10.0 Å². The van der Waals surface area contributed by atoms with Crippen LogP contribution in [0.4, 0.5) is 13.2 Å². The molecule has 1 atom stereocenters. The number of carbonyl (C=O) groups is 1. The van der Waals surface area contributed by atoms with Crippen molar-refractivity contribution >= 4 is 21.8 Å². The van der Waals surface area contributed by atoms with E-state index in [4.69, 9.17) is 11.0 Å². The minimum Gasteiger partial charge on any atom is -0.366 e. The first kappa shape index (κ1) is 16.3. The van der Waals surface area contributed by atoms with E-state index in [2.05, 4.69) is 15.9 Å². The molecule has 2 N–H and O–H groups in total. The molecule has 0 fully saturated rings. The second-order valence-corrected chi connectivity index (χ2v) is 5.68. The van der Waals surface area contributed by atoms with Gasteiger partial charge in [0.05, 0.1) is 17.2 Å². The molecule has 1 amide bonds. The molecule has 114 valence electrons. The van der Waals surface area contributed by atoms with E-state index in [1.165, 1.54) is 12.1 Å². The van der Waals surface area contributed by atoms with Crippen LogP contribution in [0.1, 0.15) is 28.3 Å². The van der Waals surface area contributed by atoms with Gasteiger partial charge in [-0.05, 0) is 30.2 Å². The number of halogens is 4. The Morgan fingerprint density at radius 3 is 2.64 bits per heavy atom. The van der Waals surface area contributed by atoms with Crippen molar-refractivity contribution < 1.29 is 18.0 Å². The third-order valence-electron chi connectivity index (χ3n) is 3.39. The highest BCUT2D eigenvalue weighted by atomic mass is 79.9. The molecule has 0 aliphatic heterocycles. The molecule has 0 saturated heterocycles. The maximum Gasteiger partial charge on any atom is 0.413 e. The third-order valence-corrected chi connectivity index (χ3v) is 3.88. The van der Waals surface area contributed by atoms with Crippen molar-refractivity contribution in [3.05, 3.63) is 57.1 Å². The molecule has 0 heterocycles. The van der Waals surface area contributed by atoms with Crippen molar-refractivity contribution in [3.8, 4) is 6.07 Å². The van der Waals surface area contributed by atoms with Crippen molar-refractivity contribution in [2.45, 2.75) is 18.5 Å². The van der Waals surface area contributed by atoms with Crippen LogP contribution in [0, 0.1) is 11.3 Å². The van der Waals surface area contributed by atoms with Crippen molar-refractivity contribution in [1.82, 2.24) is 0 Å². The zero-order valence-corrected chi connectivity index (χ0v) is 12.7. The van der Waals surface area contributed by atoms with Gasteiger partial charge in [0.1, 0.15) is 0 Å². The van der Waals surface area contributed by atoms with E-state index in [1.807, 2.05) is 0 Å². The van der Waals surface area contributed by atoms with Crippen LogP contribution in [0.25, 0.3) is 0 Å². The minimum absolute atomic E-state index is 0.158. The molecule has 1 aliphatic rings. The van der Waals surface area contributed by atoms with Gasteiger partial charge in [0.15, 0.2) is 0 Å². The number of hydrogen-bond donors (Lipinski definition) is 1. The van der Waals surface area contributed by atoms with Crippen LogP contribution < -0.4 is 5.73 Å². The second-order valence-electron chi connectivity index (χ2n) is 4.77. The SMILES string of the molecule is N#CC1=C(C(F)(F)F)CC(c2ccc(Br)cc2C(N)=O)C=C1. The average molecular weight is 371 g/mol. The first-order valence-electron chi connectivity index (χ1n) is 6.22. The van der Waals surface area contributed by atoms with Crippen LogP contribution in [0.2, 0.25) is 0 Å². The van der Waals surface area contributed by atoms with Crippen molar-refractivity contribution in [1.29, 1.82) is 5.26 Å². The Hall–Kier alpha value is -2.07. The summed E-state index contributed by atoms with van der Waals surface area (Å²) >= 11 is 3.19. The van der Waals surface area contributed by atoms with Crippen molar-refractivity contribution in [3.63, 3.8) is 0 Å². The number of benzene rings is 1. The number of hydrogen-bond acceptors (Lipinski definition) is 2. The summed E-state index contributed by atoms with van der Waals surface area (Å²) in [5, 5.41) is 8.82. The number of rotatable bonds is 2. The molecule has 1 aliphatic carbocycles. The normalized spacial score (nSPS) is 18.2. The van der Waals surface area contributed by atoms with Crippen LogP contribution in [0.3, 0.4) is 0 Å². The van der Waals surface area contributed by atoms with Gasteiger partial charge in [-0.2, -0.15) is 18.4 Å². The molecule has 1 unspecified atom stereocenters. The van der Waals surface area contributed by atoms with Crippen molar-refractivity contribution in [2.24, 2.45) is 5.73 Å². The highest BCUT2D eigenvalue weighted by molar-refractivity contribution is 9.10. The van der Waals surface area contributed by atoms with Crippen LogP contribution in [-0.4, -0.2) is 12.1 Å². The van der Waals surface area contributed by atoms with Crippen LogP contribution in [-0.2, 0) is 0 Å². The predicted octanol–water partition coefficient (Wildman–Crippen LogP) is 3.97. The number of amides is 1. The average Bonchev–Trinajstić information content (AvgIpc) is 2.45. The monoisotopic (exact) mass is 370 g/mol. The molecule has 22 heavy (non-hydrogen) atoms. The number of allylic oxidation sites excluding steroid dienone is 4. The molecule has 0 saturated carbocycles. The lowest BCUT2D eigenvalue weighted by atomic mass is 9.83. The molecule has 0 radical (unpaired) electrons. The number of carbonyl (C=O) groups excluding carboxylic acids is 1. The highest BCUT2D eigenvalue weighted by Crippen LogP contribution is 2.41. The summed E-state index contributed by atoms with van der Waals surface area (Å²) in [6.07, 6.45) is -2.35. The maximum atomic E-state index is 13.0. The fourth-order valence-electron chi connectivity index (χ4n) is 2.36. The first-order valence-corrected chi connectivity index (χ1v) is 7.01. The fourth-order valence-corrected chi connectivity index (χ4v) is 2.72. The van der Waals surface area contributed by atoms with Gasteiger partial charge in [0.2, 0.25) is 5.91 Å². The van der Waals surface area contributed by atoms with E-state index in [0.717, 1.165) is 6.08 Å². The third kappa shape index (κ3) is 3.22. The Morgan fingerprint density at radius 1 is 1.41 bits per heavy atom. The summed E-state index contributed by atoms with van der Waals surface area (Å²) in [5.41, 5.74) is 4.57. The highest BCUT2D eigenvalue weighted by Gasteiger charge is 2.39. The van der Waals surface area contributed by atoms with Crippen molar-refractivity contribution in [2.75, 3.05) is 0 Å². The number of nitriles is 1. The predicted molar refractivity (Wildman–Crippen MR) is 77.9 cm³/mol. The van der Waals surface area contributed by atoms with Gasteiger partial charge in [0, 0.05) is 16.0 Å². The van der Waals surface area contributed by atoms with Gasteiger partial charge in [0.25, 0.3) is 0 Å². The standard InChI is InChI=1S/C15H10BrF3N2O/c16-10-3-4-11(12(6-10)14(21)22)8-1-2-9(7-20)13(5-8)15(17,18)19/h1-4,6,8H,5H2,(H2,21,22). The Balaban J connectivity index is 2.47. The van der Waals surface area contributed by atoms with Gasteiger partial charge in [-0.15, -0.1) is 0 Å². The van der Waals surface area contributed by atoms with Crippen LogP contribution >= 0.6 is 15.9 Å². The molecular formula is C15H10BrF3N2O. The number of nitrogens with two attached hydrogens (primary N) is 1. The summed E-state index contributed by atoms with van der Waals surface area (Å²) < 4.78 is 39.8. The number of nitrogens with zero attached hydrogens (tertiary/aromatic N) is 1. The zero-order valence-electron chi connectivity index (χ0n) is 11.1. The molecule has 0 spiro atoms. The second kappa shape index (κ2) is 5.97. The van der Waals surface area contributed by atoms with Gasteiger partial charge >= 0.3 is 6.18 Å². The molecule has 0 aromatic heterocycles. The smallest absolute Gasteiger partial charge is 0.366 e. The maximum absolute atomic E-state index is 13.0. The summed E-state index contributed by atoms with van der Waals surface area (Å²) in [5.74, 6) is -1.38. The van der Waals surface area contributed by atoms with Gasteiger partial charge < -0.3 is 5.73 Å².